The van der Waals surface area contributed by atoms with Gasteiger partial charge in [0.15, 0.2) is 6.29 Å². The third kappa shape index (κ3) is 30.8. The molecule has 0 aromatic rings. The van der Waals surface area contributed by atoms with Crippen molar-refractivity contribution in [3.8, 4) is 0 Å². The molecule has 1 aliphatic rings. The Morgan fingerprint density at radius 3 is 1.60 bits per heavy atom. The van der Waals surface area contributed by atoms with Crippen LogP contribution in [0.25, 0.3) is 0 Å². The summed E-state index contributed by atoms with van der Waals surface area (Å²) < 4.78 is 11.2. The zero-order valence-electron chi connectivity index (χ0n) is 38.2. The predicted molar refractivity (Wildman–Crippen MR) is 249 cm³/mol. The Labute approximate surface area is 366 Å². The van der Waals surface area contributed by atoms with Gasteiger partial charge in [0.2, 0.25) is 5.91 Å². The Bertz CT molecular complexity index is 1120. The van der Waals surface area contributed by atoms with Crippen LogP contribution in [0.5, 0.6) is 0 Å². The normalized spacial score (nSPS) is 21.1. The molecule has 0 aromatic carbocycles. The van der Waals surface area contributed by atoms with Gasteiger partial charge >= 0.3 is 0 Å². The fraction of sp³-hybridized carbons (Fsp3) is 0.784. The molecule has 0 aliphatic carbocycles. The fourth-order valence-corrected chi connectivity index (χ4v) is 7.42. The van der Waals surface area contributed by atoms with Gasteiger partial charge in [-0.25, -0.2) is 0 Å². The van der Waals surface area contributed by atoms with E-state index in [1.807, 2.05) is 6.08 Å². The van der Waals surface area contributed by atoms with Gasteiger partial charge in [-0.15, -0.1) is 0 Å². The third-order valence-corrected chi connectivity index (χ3v) is 11.3. The van der Waals surface area contributed by atoms with E-state index in [9.17, 15) is 30.3 Å². The van der Waals surface area contributed by atoms with Gasteiger partial charge in [-0.2, -0.15) is 0 Å². The summed E-state index contributed by atoms with van der Waals surface area (Å²) in [7, 11) is 0. The molecular weight excluding hydrogens is 755 g/mol. The first-order valence-electron chi connectivity index (χ1n) is 24.5. The largest absolute Gasteiger partial charge is 0.394 e. The predicted octanol–water partition coefficient (Wildman–Crippen LogP) is 10.8. The molecule has 1 fully saturated rings. The summed E-state index contributed by atoms with van der Waals surface area (Å²) in [5.41, 5.74) is 0. The van der Waals surface area contributed by atoms with Crippen LogP contribution in [0.2, 0.25) is 0 Å². The number of unbranched alkanes of at least 4 members (excludes halogenated alkanes) is 22. The molecule has 60 heavy (non-hydrogen) atoms. The molecule has 0 bridgehead atoms. The number of hydrogen-bond donors (Lipinski definition) is 6. The van der Waals surface area contributed by atoms with E-state index in [-0.39, 0.29) is 12.5 Å². The molecule has 7 unspecified atom stereocenters. The second-order valence-electron chi connectivity index (χ2n) is 16.9. The van der Waals surface area contributed by atoms with E-state index in [1.165, 1.54) is 116 Å². The zero-order chi connectivity index (χ0) is 43.7. The SMILES string of the molecule is CC/C=C\C/C=C\C/C=C\CCCCCC(=O)NC(COC1OC(CO)C(O)C(O)C1O)C(O)/C=C/CC/C=C/CCCCCCCCCCCCCCCCCCCC. The lowest BCUT2D eigenvalue weighted by atomic mass is 9.99. The summed E-state index contributed by atoms with van der Waals surface area (Å²) in [6, 6.07) is -0.838. The molecule has 6 N–H and O–H groups in total. The zero-order valence-corrected chi connectivity index (χ0v) is 38.2. The first-order chi connectivity index (χ1) is 29.3. The van der Waals surface area contributed by atoms with Crippen LogP contribution in [0, 0.1) is 0 Å². The molecule has 0 saturated carbocycles. The maximum absolute atomic E-state index is 12.9. The first-order valence-corrected chi connectivity index (χ1v) is 24.5. The summed E-state index contributed by atoms with van der Waals surface area (Å²) in [4.78, 5) is 12.9. The van der Waals surface area contributed by atoms with Gasteiger partial charge in [0, 0.05) is 6.42 Å². The minimum absolute atomic E-state index is 0.215. The van der Waals surface area contributed by atoms with Gasteiger partial charge in [-0.1, -0.05) is 190 Å². The summed E-state index contributed by atoms with van der Waals surface area (Å²) in [5, 5.41) is 54.2. The lowest BCUT2D eigenvalue weighted by Crippen LogP contribution is -2.60. The van der Waals surface area contributed by atoms with Crippen LogP contribution < -0.4 is 5.32 Å². The van der Waals surface area contributed by atoms with Gasteiger partial charge in [-0.3, -0.25) is 4.79 Å². The van der Waals surface area contributed by atoms with E-state index in [0.29, 0.717) is 12.8 Å². The van der Waals surface area contributed by atoms with Crippen molar-refractivity contribution in [2.45, 2.75) is 243 Å². The number of rotatable bonds is 40. The van der Waals surface area contributed by atoms with Crippen molar-refractivity contribution in [2.24, 2.45) is 0 Å². The summed E-state index contributed by atoms with van der Waals surface area (Å²) in [6.07, 6.45) is 47.1. The summed E-state index contributed by atoms with van der Waals surface area (Å²) in [6.45, 7) is 3.62. The van der Waals surface area contributed by atoms with E-state index in [2.05, 4.69) is 67.8 Å². The number of nitrogens with one attached hydrogen (secondary N) is 1. The van der Waals surface area contributed by atoms with Crippen molar-refractivity contribution in [1.82, 2.24) is 5.32 Å². The quantitative estimate of drug-likeness (QED) is 0.0264. The highest BCUT2D eigenvalue weighted by Crippen LogP contribution is 2.22. The highest BCUT2D eigenvalue weighted by atomic mass is 16.7. The number of aliphatic hydroxyl groups is 5. The van der Waals surface area contributed by atoms with Crippen LogP contribution >= 0.6 is 0 Å². The molecule has 348 valence electrons. The molecule has 1 amide bonds. The van der Waals surface area contributed by atoms with Crippen molar-refractivity contribution in [2.75, 3.05) is 13.2 Å². The van der Waals surface area contributed by atoms with Crippen LogP contribution in [-0.2, 0) is 14.3 Å². The fourth-order valence-electron chi connectivity index (χ4n) is 7.42. The number of carbonyl (C=O) groups is 1. The molecule has 9 nitrogen and oxygen atoms in total. The number of aliphatic hydroxyl groups excluding tert-OH is 5. The van der Waals surface area contributed by atoms with Gasteiger partial charge < -0.3 is 40.3 Å². The molecule has 1 aliphatic heterocycles. The van der Waals surface area contributed by atoms with E-state index < -0.39 is 49.5 Å². The standard InChI is InChI=1S/C51H91NO8/c1-3-5-7-9-11-13-15-17-18-19-20-21-22-23-24-25-26-27-29-30-32-34-36-38-40-45(54)44(43-59-51-50(58)49(57)48(56)46(42-53)60-51)52-47(55)41-39-37-35-33-31-28-16-14-12-10-8-6-4-2/h6,8,12,14,28,30-32,38,40,44-46,48-51,53-54,56-58H,3-5,7,9-11,13,15-27,29,33-37,39,41-43H2,1-2H3,(H,52,55)/b8-6-,14-12-,31-28-,32-30+,40-38+. The lowest BCUT2D eigenvalue weighted by molar-refractivity contribution is -0.302. The monoisotopic (exact) mass is 846 g/mol. The highest BCUT2D eigenvalue weighted by molar-refractivity contribution is 5.76. The summed E-state index contributed by atoms with van der Waals surface area (Å²) in [5.74, 6) is -0.217. The maximum Gasteiger partial charge on any atom is 0.220 e. The van der Waals surface area contributed by atoms with E-state index in [4.69, 9.17) is 9.47 Å². The third-order valence-electron chi connectivity index (χ3n) is 11.3. The van der Waals surface area contributed by atoms with Crippen molar-refractivity contribution >= 4 is 5.91 Å². The lowest BCUT2D eigenvalue weighted by Gasteiger charge is -2.40. The molecule has 7 atom stereocenters. The molecule has 1 rings (SSSR count). The topological polar surface area (TPSA) is 149 Å². The van der Waals surface area contributed by atoms with E-state index in [1.54, 1.807) is 6.08 Å². The van der Waals surface area contributed by atoms with E-state index in [0.717, 1.165) is 57.8 Å². The molecule has 9 heteroatoms. The minimum Gasteiger partial charge on any atom is -0.394 e. The minimum atomic E-state index is -1.58. The molecule has 0 radical (unpaired) electrons. The van der Waals surface area contributed by atoms with Crippen molar-refractivity contribution in [3.63, 3.8) is 0 Å². The van der Waals surface area contributed by atoms with Crippen molar-refractivity contribution in [3.05, 3.63) is 60.8 Å². The van der Waals surface area contributed by atoms with Gasteiger partial charge in [0.1, 0.15) is 24.4 Å². The van der Waals surface area contributed by atoms with Gasteiger partial charge in [0.25, 0.3) is 0 Å². The second kappa shape index (κ2) is 40.9. The van der Waals surface area contributed by atoms with Crippen LogP contribution in [0.1, 0.15) is 200 Å². The molecule has 1 saturated heterocycles. The second-order valence-corrected chi connectivity index (χ2v) is 16.9. The number of hydrogen-bond acceptors (Lipinski definition) is 8. The molecule has 0 aromatic heterocycles. The number of amides is 1. The van der Waals surface area contributed by atoms with Crippen LogP contribution in [0.3, 0.4) is 0 Å². The Balaban J connectivity index is 2.32. The number of allylic oxidation sites excluding steroid dienone is 9. The van der Waals surface area contributed by atoms with Crippen molar-refractivity contribution in [1.29, 1.82) is 0 Å². The Morgan fingerprint density at radius 2 is 1.05 bits per heavy atom. The maximum atomic E-state index is 12.9. The molecule has 0 spiro atoms. The van der Waals surface area contributed by atoms with Crippen molar-refractivity contribution < 1.29 is 39.8 Å². The highest BCUT2D eigenvalue weighted by Gasteiger charge is 2.44. The van der Waals surface area contributed by atoms with Crippen LogP contribution in [0.15, 0.2) is 60.8 Å². The van der Waals surface area contributed by atoms with Crippen LogP contribution in [0.4, 0.5) is 0 Å². The van der Waals surface area contributed by atoms with Gasteiger partial charge in [0.05, 0.1) is 25.4 Å². The number of ether oxygens (including phenoxy) is 2. The Hall–Kier alpha value is -2.11. The molecule has 1 heterocycles. The first kappa shape index (κ1) is 55.9. The Kier molecular flexibility index (Phi) is 38.1. The van der Waals surface area contributed by atoms with E-state index >= 15 is 0 Å². The van der Waals surface area contributed by atoms with Gasteiger partial charge in [-0.05, 0) is 64.2 Å². The molecular formula is C51H91NO8. The average Bonchev–Trinajstić information content (AvgIpc) is 3.25. The smallest absolute Gasteiger partial charge is 0.220 e. The number of carbonyl (C=O) groups excluding carboxylic acids is 1. The summed E-state index contributed by atoms with van der Waals surface area (Å²) >= 11 is 0. The Morgan fingerprint density at radius 1 is 0.583 bits per heavy atom. The average molecular weight is 846 g/mol. The van der Waals surface area contributed by atoms with Crippen LogP contribution in [-0.4, -0.2) is 87.5 Å².